The SMILES string of the molecule is O=C1Nc2c(Cl)cccc2C1=CC(=O)c1ccc(Br)s1. The van der Waals surface area contributed by atoms with E-state index in [1.54, 1.807) is 30.3 Å². The molecule has 3 rings (SSSR count). The van der Waals surface area contributed by atoms with E-state index in [0.717, 1.165) is 3.79 Å². The van der Waals surface area contributed by atoms with Crippen molar-refractivity contribution in [2.75, 3.05) is 5.32 Å². The van der Waals surface area contributed by atoms with Crippen LogP contribution in [-0.2, 0) is 4.79 Å². The van der Waals surface area contributed by atoms with Crippen LogP contribution in [0, 0.1) is 0 Å². The van der Waals surface area contributed by atoms with E-state index in [9.17, 15) is 9.59 Å². The van der Waals surface area contributed by atoms with E-state index in [1.165, 1.54) is 17.4 Å². The van der Waals surface area contributed by atoms with E-state index in [-0.39, 0.29) is 11.7 Å². The van der Waals surface area contributed by atoms with E-state index in [1.807, 2.05) is 0 Å². The Bertz CT molecular complexity index is 766. The van der Waals surface area contributed by atoms with E-state index in [2.05, 4.69) is 21.2 Å². The molecule has 0 atom stereocenters. The van der Waals surface area contributed by atoms with Gasteiger partial charge in [-0.25, -0.2) is 0 Å². The summed E-state index contributed by atoms with van der Waals surface area (Å²) in [5.74, 6) is -0.504. The lowest BCUT2D eigenvalue weighted by Crippen LogP contribution is -2.05. The second kappa shape index (κ2) is 5.16. The second-order valence-corrected chi connectivity index (χ2v) is 7.01. The molecule has 0 saturated carbocycles. The molecule has 0 unspecified atom stereocenters. The summed E-state index contributed by atoms with van der Waals surface area (Å²) in [6.45, 7) is 0. The summed E-state index contributed by atoms with van der Waals surface area (Å²) in [5, 5.41) is 3.14. The highest BCUT2D eigenvalue weighted by Gasteiger charge is 2.26. The number of anilines is 1. The maximum absolute atomic E-state index is 12.2. The van der Waals surface area contributed by atoms with E-state index in [4.69, 9.17) is 11.6 Å². The van der Waals surface area contributed by atoms with E-state index in [0.29, 0.717) is 26.7 Å². The molecule has 0 spiro atoms. The number of para-hydroxylation sites is 1. The molecule has 2 heterocycles. The van der Waals surface area contributed by atoms with E-state index >= 15 is 0 Å². The highest BCUT2D eigenvalue weighted by Crippen LogP contribution is 2.37. The van der Waals surface area contributed by atoms with Crippen LogP contribution in [0.5, 0.6) is 0 Å². The number of fused-ring (bicyclic) bond motifs is 1. The van der Waals surface area contributed by atoms with Crippen molar-refractivity contribution in [2.24, 2.45) is 0 Å². The summed E-state index contributed by atoms with van der Waals surface area (Å²) in [6.07, 6.45) is 1.36. The molecule has 100 valence electrons. The fraction of sp³-hybridized carbons (Fsp3) is 0. The summed E-state index contributed by atoms with van der Waals surface area (Å²) < 4.78 is 0.874. The van der Waals surface area contributed by atoms with Gasteiger partial charge in [0, 0.05) is 11.6 Å². The number of nitrogens with one attached hydrogen (secondary N) is 1. The molecule has 3 nitrogen and oxygen atoms in total. The molecule has 1 N–H and O–H groups in total. The van der Waals surface area contributed by atoms with Crippen LogP contribution in [0.2, 0.25) is 5.02 Å². The standard InChI is InChI=1S/C14H7BrClNO2S/c15-12-5-4-11(20-12)10(18)6-8-7-2-1-3-9(16)13(7)17-14(8)19/h1-6H,(H,17,19). The number of thiophene rings is 1. The van der Waals surface area contributed by atoms with Gasteiger partial charge in [0.2, 0.25) is 0 Å². The third-order valence-corrected chi connectivity index (χ3v) is 4.83. The first kappa shape index (κ1) is 13.5. The molecule has 0 radical (unpaired) electrons. The van der Waals surface area contributed by atoms with Gasteiger partial charge in [0.25, 0.3) is 5.91 Å². The summed E-state index contributed by atoms with van der Waals surface area (Å²) in [4.78, 5) is 24.7. The first-order valence-corrected chi connectivity index (χ1v) is 7.66. The monoisotopic (exact) mass is 367 g/mol. The van der Waals surface area contributed by atoms with Gasteiger partial charge in [-0.3, -0.25) is 9.59 Å². The second-order valence-electron chi connectivity index (χ2n) is 4.14. The Morgan fingerprint density at radius 3 is 2.80 bits per heavy atom. The lowest BCUT2D eigenvalue weighted by Gasteiger charge is -1.99. The smallest absolute Gasteiger partial charge is 0.256 e. The van der Waals surface area contributed by atoms with Crippen molar-refractivity contribution in [3.8, 4) is 0 Å². The molecule has 1 aromatic carbocycles. The number of benzene rings is 1. The van der Waals surface area contributed by atoms with Crippen molar-refractivity contribution in [3.63, 3.8) is 0 Å². The van der Waals surface area contributed by atoms with Gasteiger partial charge in [-0.15, -0.1) is 11.3 Å². The van der Waals surface area contributed by atoms with Gasteiger partial charge in [-0.2, -0.15) is 0 Å². The first-order valence-electron chi connectivity index (χ1n) is 5.68. The number of allylic oxidation sites excluding steroid dienone is 1. The molecule has 1 aliphatic heterocycles. The molecule has 0 aliphatic carbocycles. The normalized spacial score (nSPS) is 15.3. The Kier molecular flexibility index (Phi) is 3.50. The van der Waals surface area contributed by atoms with Crippen LogP contribution in [0.25, 0.3) is 5.57 Å². The lowest BCUT2D eigenvalue weighted by atomic mass is 10.1. The topological polar surface area (TPSA) is 46.2 Å². The van der Waals surface area contributed by atoms with Crippen LogP contribution in [0.1, 0.15) is 15.2 Å². The zero-order valence-electron chi connectivity index (χ0n) is 9.94. The van der Waals surface area contributed by atoms with Gasteiger partial charge in [0.15, 0.2) is 5.78 Å². The molecule has 0 bridgehead atoms. The summed E-state index contributed by atoms with van der Waals surface area (Å²) in [5.41, 5.74) is 1.56. The molecule has 1 aliphatic rings. The number of ketones is 1. The minimum absolute atomic E-state index is 0.196. The third kappa shape index (κ3) is 2.32. The average Bonchev–Trinajstić information content (AvgIpc) is 2.96. The first-order chi connectivity index (χ1) is 9.56. The molecule has 20 heavy (non-hydrogen) atoms. The molecular weight excluding hydrogens is 362 g/mol. The van der Waals surface area contributed by atoms with Gasteiger partial charge in [0.1, 0.15) is 0 Å². The van der Waals surface area contributed by atoms with Crippen LogP contribution in [0.15, 0.2) is 40.2 Å². The highest BCUT2D eigenvalue weighted by atomic mass is 79.9. The Labute approximate surface area is 132 Å². The van der Waals surface area contributed by atoms with E-state index < -0.39 is 0 Å². The molecule has 1 aromatic heterocycles. The fourth-order valence-corrected chi connectivity index (χ4v) is 3.49. The molecular formula is C14H7BrClNO2S. The van der Waals surface area contributed by atoms with Crippen LogP contribution >= 0.6 is 38.9 Å². The van der Waals surface area contributed by atoms with Crippen LogP contribution < -0.4 is 5.32 Å². The van der Waals surface area contributed by atoms with Crippen LogP contribution in [-0.4, -0.2) is 11.7 Å². The Morgan fingerprint density at radius 2 is 2.10 bits per heavy atom. The highest BCUT2D eigenvalue weighted by molar-refractivity contribution is 9.11. The van der Waals surface area contributed by atoms with Gasteiger partial charge in [-0.1, -0.05) is 23.7 Å². The van der Waals surface area contributed by atoms with Crippen molar-refractivity contribution in [1.82, 2.24) is 0 Å². The zero-order valence-corrected chi connectivity index (χ0v) is 13.1. The maximum Gasteiger partial charge on any atom is 0.256 e. The number of hydrogen-bond donors (Lipinski definition) is 1. The van der Waals surface area contributed by atoms with Crippen molar-refractivity contribution in [1.29, 1.82) is 0 Å². The number of carbonyl (C=O) groups excluding carboxylic acids is 2. The minimum atomic E-state index is -0.308. The molecule has 1 amide bonds. The fourth-order valence-electron chi connectivity index (χ4n) is 1.97. The zero-order chi connectivity index (χ0) is 14.3. The van der Waals surface area contributed by atoms with Crippen molar-refractivity contribution < 1.29 is 9.59 Å². The van der Waals surface area contributed by atoms with Gasteiger partial charge < -0.3 is 5.32 Å². The Morgan fingerprint density at radius 1 is 1.30 bits per heavy atom. The molecule has 0 saturated heterocycles. The quantitative estimate of drug-likeness (QED) is 0.631. The number of rotatable bonds is 2. The third-order valence-electron chi connectivity index (χ3n) is 2.88. The van der Waals surface area contributed by atoms with Crippen molar-refractivity contribution in [2.45, 2.75) is 0 Å². The summed E-state index contributed by atoms with van der Waals surface area (Å²) >= 11 is 10.7. The number of halogens is 2. The number of carbonyl (C=O) groups is 2. The summed E-state index contributed by atoms with van der Waals surface area (Å²) in [7, 11) is 0. The van der Waals surface area contributed by atoms with Gasteiger partial charge >= 0.3 is 0 Å². The number of amides is 1. The predicted molar refractivity (Wildman–Crippen MR) is 84.4 cm³/mol. The van der Waals surface area contributed by atoms with Crippen LogP contribution in [0.4, 0.5) is 5.69 Å². The predicted octanol–water partition coefficient (Wildman–Crippen LogP) is 4.38. The minimum Gasteiger partial charge on any atom is -0.320 e. The van der Waals surface area contributed by atoms with Crippen molar-refractivity contribution >= 4 is 61.8 Å². The Balaban J connectivity index is 2.03. The lowest BCUT2D eigenvalue weighted by molar-refractivity contribution is -0.110. The Hall–Kier alpha value is -1.43. The van der Waals surface area contributed by atoms with Gasteiger partial charge in [0.05, 0.1) is 24.9 Å². The number of hydrogen-bond acceptors (Lipinski definition) is 3. The van der Waals surface area contributed by atoms with Gasteiger partial charge in [-0.05, 0) is 34.1 Å². The van der Waals surface area contributed by atoms with Crippen LogP contribution in [0.3, 0.4) is 0 Å². The summed E-state index contributed by atoms with van der Waals surface area (Å²) in [6, 6.07) is 8.74. The maximum atomic E-state index is 12.2. The largest absolute Gasteiger partial charge is 0.320 e. The van der Waals surface area contributed by atoms with Crippen molar-refractivity contribution in [3.05, 3.63) is 55.7 Å². The molecule has 2 aromatic rings. The molecule has 6 heteroatoms. The molecule has 0 fully saturated rings. The average molecular weight is 369 g/mol.